The van der Waals surface area contributed by atoms with Crippen LogP contribution in [0.5, 0.6) is 0 Å². The number of pyridine rings is 1. The second-order valence-corrected chi connectivity index (χ2v) is 14.2. The van der Waals surface area contributed by atoms with Crippen molar-refractivity contribution in [1.82, 2.24) is 33.4 Å². The summed E-state index contributed by atoms with van der Waals surface area (Å²) in [6.45, 7) is 6.56. The molecule has 7 rings (SSSR count). The Kier molecular flexibility index (Phi) is 8.25. The number of aryl methyl sites for hydroxylation is 1. The van der Waals surface area contributed by atoms with Crippen LogP contribution in [0.1, 0.15) is 36.9 Å². The minimum atomic E-state index is -3.97. The maximum Gasteiger partial charge on any atom is 0.269 e. The zero-order chi connectivity index (χ0) is 32.7. The molecule has 0 radical (unpaired) electrons. The lowest BCUT2D eigenvalue weighted by molar-refractivity contribution is 0.0996. The van der Waals surface area contributed by atoms with E-state index in [1.54, 1.807) is 53.6 Å². The number of benzene rings is 2. The molecule has 1 fully saturated rings. The molecule has 242 valence electrons. The van der Waals surface area contributed by atoms with Crippen LogP contribution in [0.2, 0.25) is 0 Å². The molecule has 1 N–H and O–H groups in total. The van der Waals surface area contributed by atoms with E-state index in [9.17, 15) is 17.9 Å². The second-order valence-electron chi connectivity index (χ2n) is 12.4. The van der Waals surface area contributed by atoms with Gasteiger partial charge in [-0.3, -0.25) is 9.36 Å². The summed E-state index contributed by atoms with van der Waals surface area (Å²) in [6, 6.07) is 15.3. The van der Waals surface area contributed by atoms with Gasteiger partial charge in [0, 0.05) is 72.1 Å². The largest absolute Gasteiger partial charge is 0.392 e. The molecule has 5 heterocycles. The number of β-amino-alcohol motifs (C(OH)–C–C–N with tert-alkyl or cyclic N) is 1. The average molecular weight is 654 g/mol. The number of rotatable bonds is 9. The fourth-order valence-electron chi connectivity index (χ4n) is 6.31. The van der Waals surface area contributed by atoms with E-state index in [0.29, 0.717) is 35.2 Å². The van der Waals surface area contributed by atoms with Gasteiger partial charge in [0.15, 0.2) is 5.65 Å². The van der Waals surface area contributed by atoms with Gasteiger partial charge in [0.2, 0.25) is 0 Å². The Hall–Kier alpha value is -4.65. The van der Waals surface area contributed by atoms with Crippen LogP contribution in [0.4, 0.5) is 4.39 Å². The van der Waals surface area contributed by atoms with Crippen LogP contribution in [-0.4, -0.2) is 72.7 Å². The summed E-state index contributed by atoms with van der Waals surface area (Å²) in [5.74, 6) is -0.317. The number of aliphatic hydroxyl groups excluding tert-OH is 1. The summed E-state index contributed by atoms with van der Waals surface area (Å²) in [6.07, 6.45) is 12.2. The van der Waals surface area contributed by atoms with E-state index in [2.05, 4.69) is 15.1 Å². The van der Waals surface area contributed by atoms with Gasteiger partial charge in [-0.15, -0.1) is 0 Å². The van der Waals surface area contributed by atoms with E-state index >= 15 is 0 Å². The molecule has 12 heteroatoms. The normalized spacial score (nSPS) is 15.4. The van der Waals surface area contributed by atoms with Crippen LogP contribution in [0.25, 0.3) is 33.3 Å². The van der Waals surface area contributed by atoms with Gasteiger partial charge in [0.25, 0.3) is 10.0 Å². The predicted octanol–water partition coefficient (Wildman–Crippen LogP) is 5.51. The lowest BCUT2D eigenvalue weighted by atomic mass is 10.0. The highest BCUT2D eigenvalue weighted by Crippen LogP contribution is 2.35. The molecule has 0 amide bonds. The molecular weight excluding hydrogens is 617 g/mol. The third-order valence-corrected chi connectivity index (χ3v) is 10.4. The SMILES string of the molecule is Cc1ccc(S(=O)(=O)n2cc(-c3cnn(Cc4cccc(F)c4)c3)c3cc(-c4cnn(C5CCN(CC(C)O)CC5)c4)cnc32)cc1. The maximum atomic E-state index is 13.9. The van der Waals surface area contributed by atoms with Crippen molar-refractivity contribution >= 4 is 21.1 Å². The third-order valence-electron chi connectivity index (χ3n) is 8.76. The zero-order valence-corrected chi connectivity index (χ0v) is 27.1. The summed E-state index contributed by atoms with van der Waals surface area (Å²) < 4.78 is 46.6. The molecule has 1 atom stereocenters. The molecule has 1 unspecified atom stereocenters. The Morgan fingerprint density at radius 3 is 2.45 bits per heavy atom. The summed E-state index contributed by atoms with van der Waals surface area (Å²) in [5.41, 5.74) is 5.10. The number of fused-ring (bicyclic) bond motifs is 1. The first-order valence-electron chi connectivity index (χ1n) is 15.7. The summed E-state index contributed by atoms with van der Waals surface area (Å²) in [7, 11) is -3.97. The lowest BCUT2D eigenvalue weighted by Crippen LogP contribution is -2.38. The van der Waals surface area contributed by atoms with Gasteiger partial charge in [-0.2, -0.15) is 10.2 Å². The number of aliphatic hydroxyl groups is 1. The molecule has 0 aliphatic carbocycles. The highest BCUT2D eigenvalue weighted by atomic mass is 32.2. The molecule has 4 aromatic heterocycles. The van der Waals surface area contributed by atoms with Crippen molar-refractivity contribution in [2.75, 3.05) is 19.6 Å². The molecule has 1 aliphatic rings. The van der Waals surface area contributed by atoms with Crippen LogP contribution in [0.15, 0.2) is 96.7 Å². The van der Waals surface area contributed by atoms with E-state index in [-0.39, 0.29) is 22.9 Å². The Bertz CT molecular complexity index is 2140. The van der Waals surface area contributed by atoms with Crippen molar-refractivity contribution in [3.05, 3.63) is 109 Å². The number of aromatic nitrogens is 6. The molecule has 0 saturated carbocycles. The highest BCUT2D eigenvalue weighted by Gasteiger charge is 2.25. The fourth-order valence-corrected chi connectivity index (χ4v) is 7.64. The van der Waals surface area contributed by atoms with Crippen LogP contribution in [-0.2, 0) is 16.6 Å². The zero-order valence-electron chi connectivity index (χ0n) is 26.2. The molecule has 1 saturated heterocycles. The second kappa shape index (κ2) is 12.5. The summed E-state index contributed by atoms with van der Waals surface area (Å²) in [4.78, 5) is 7.15. The first kappa shape index (κ1) is 31.0. The topological polar surface area (TPSA) is 111 Å². The van der Waals surface area contributed by atoms with E-state index in [1.807, 2.05) is 49.3 Å². The molecule has 1 aliphatic heterocycles. The fraction of sp³-hybridized carbons (Fsp3) is 0.286. The van der Waals surface area contributed by atoms with E-state index < -0.39 is 10.0 Å². The minimum Gasteiger partial charge on any atom is -0.392 e. The van der Waals surface area contributed by atoms with E-state index in [0.717, 1.165) is 48.2 Å². The molecule has 2 aromatic carbocycles. The van der Waals surface area contributed by atoms with Crippen LogP contribution in [0.3, 0.4) is 0 Å². The van der Waals surface area contributed by atoms with Crippen molar-refractivity contribution < 1.29 is 17.9 Å². The molecule has 0 bridgehead atoms. The first-order chi connectivity index (χ1) is 22.6. The van der Waals surface area contributed by atoms with Crippen molar-refractivity contribution in [2.24, 2.45) is 0 Å². The van der Waals surface area contributed by atoms with E-state index in [4.69, 9.17) is 4.98 Å². The van der Waals surface area contributed by atoms with Crippen LogP contribution < -0.4 is 0 Å². The van der Waals surface area contributed by atoms with Crippen LogP contribution >= 0.6 is 0 Å². The number of hydrogen-bond acceptors (Lipinski definition) is 7. The van der Waals surface area contributed by atoms with Crippen LogP contribution in [0, 0.1) is 12.7 Å². The number of hydrogen-bond donors (Lipinski definition) is 1. The van der Waals surface area contributed by atoms with Gasteiger partial charge in [0.05, 0.1) is 36.0 Å². The monoisotopic (exact) mass is 653 g/mol. The standard InChI is InChI=1S/C35H36FN7O3S/c1-24-6-8-32(9-7-24)47(45,46)43-23-34(29-18-38-41(21-29)20-26-4-3-5-30(36)14-26)33-15-27(16-37-35(33)43)28-17-39-42(22-28)31-10-12-40(13-11-31)19-25(2)44/h3-9,14-18,21-23,25,31,44H,10-13,19-20H2,1-2H3. The molecular formula is C35H36FN7O3S. The minimum absolute atomic E-state index is 0.167. The number of nitrogens with zero attached hydrogens (tertiary/aromatic N) is 7. The van der Waals surface area contributed by atoms with E-state index in [1.165, 1.54) is 16.1 Å². The quantitative estimate of drug-likeness (QED) is 0.219. The van der Waals surface area contributed by atoms with Gasteiger partial charge in [0.1, 0.15) is 5.82 Å². The van der Waals surface area contributed by atoms with Crippen molar-refractivity contribution in [3.63, 3.8) is 0 Å². The Morgan fingerprint density at radius 2 is 1.70 bits per heavy atom. The molecule has 10 nitrogen and oxygen atoms in total. The Morgan fingerprint density at radius 1 is 0.936 bits per heavy atom. The summed E-state index contributed by atoms with van der Waals surface area (Å²) in [5, 5.41) is 19.6. The average Bonchev–Trinajstić information content (AvgIpc) is 3.80. The lowest BCUT2D eigenvalue weighted by Gasteiger charge is -2.32. The first-order valence-corrected chi connectivity index (χ1v) is 17.1. The highest BCUT2D eigenvalue weighted by molar-refractivity contribution is 7.90. The Balaban J connectivity index is 1.25. The number of likely N-dealkylation sites (tertiary alicyclic amines) is 1. The number of halogens is 1. The molecule has 47 heavy (non-hydrogen) atoms. The molecule has 0 spiro atoms. The van der Waals surface area contributed by atoms with Gasteiger partial charge in [-0.25, -0.2) is 21.8 Å². The number of piperidine rings is 1. The molecule has 6 aromatic rings. The Labute approximate surface area is 272 Å². The van der Waals surface area contributed by atoms with Gasteiger partial charge >= 0.3 is 0 Å². The van der Waals surface area contributed by atoms with Gasteiger partial charge in [-0.05, 0) is 62.6 Å². The third kappa shape index (κ3) is 6.36. The maximum absolute atomic E-state index is 13.9. The van der Waals surface area contributed by atoms with Gasteiger partial charge < -0.3 is 10.0 Å². The van der Waals surface area contributed by atoms with Crippen molar-refractivity contribution in [3.8, 4) is 22.3 Å². The predicted molar refractivity (Wildman–Crippen MR) is 178 cm³/mol. The van der Waals surface area contributed by atoms with Gasteiger partial charge in [-0.1, -0.05) is 29.8 Å². The summed E-state index contributed by atoms with van der Waals surface area (Å²) >= 11 is 0. The van der Waals surface area contributed by atoms with Crippen molar-refractivity contribution in [2.45, 2.75) is 50.3 Å². The smallest absolute Gasteiger partial charge is 0.269 e. The van der Waals surface area contributed by atoms with Crippen molar-refractivity contribution in [1.29, 1.82) is 0 Å².